The minimum absolute atomic E-state index is 0.0911. The Bertz CT molecular complexity index is 525. The van der Waals surface area contributed by atoms with Crippen molar-refractivity contribution in [3.8, 4) is 11.5 Å². The van der Waals surface area contributed by atoms with E-state index in [1.54, 1.807) is 12.1 Å². The molecule has 0 heterocycles. The first kappa shape index (κ1) is 11.9. The van der Waals surface area contributed by atoms with E-state index < -0.39 is 0 Å². The summed E-state index contributed by atoms with van der Waals surface area (Å²) in [4.78, 5) is 0. The maximum atomic E-state index is 13.5. The second-order valence-electron chi connectivity index (χ2n) is 3.77. The van der Waals surface area contributed by atoms with Crippen LogP contribution in [0.2, 0.25) is 0 Å². The first-order valence-corrected chi connectivity index (χ1v) is 5.82. The molecule has 0 atom stereocenters. The van der Waals surface area contributed by atoms with Gasteiger partial charge >= 0.3 is 0 Å². The predicted molar refractivity (Wildman–Crippen MR) is 67.2 cm³/mol. The van der Waals surface area contributed by atoms with Crippen molar-refractivity contribution in [3.05, 3.63) is 59.4 Å². The second-order valence-corrected chi connectivity index (χ2v) is 4.04. The molecule has 0 unspecified atom stereocenters. The summed E-state index contributed by atoms with van der Waals surface area (Å²) in [5, 5.41) is 0. The third-order valence-corrected chi connectivity index (χ3v) is 2.69. The number of rotatable bonds is 3. The fourth-order valence-corrected chi connectivity index (χ4v) is 1.83. The van der Waals surface area contributed by atoms with Gasteiger partial charge in [-0.05, 0) is 36.8 Å². The van der Waals surface area contributed by atoms with Gasteiger partial charge in [-0.15, -0.1) is 11.6 Å². The second kappa shape index (κ2) is 5.19. The van der Waals surface area contributed by atoms with Crippen LogP contribution in [-0.2, 0) is 5.88 Å². The van der Waals surface area contributed by atoms with E-state index in [2.05, 4.69) is 0 Å². The van der Waals surface area contributed by atoms with Crippen LogP contribution in [0.3, 0.4) is 0 Å². The van der Waals surface area contributed by atoms with Crippen LogP contribution in [0.15, 0.2) is 42.5 Å². The molecule has 0 radical (unpaired) electrons. The molecule has 0 spiro atoms. The van der Waals surface area contributed by atoms with Gasteiger partial charge in [0.05, 0.1) is 5.88 Å². The zero-order chi connectivity index (χ0) is 12.3. The minimum Gasteiger partial charge on any atom is -0.457 e. The maximum Gasteiger partial charge on any atom is 0.134 e. The van der Waals surface area contributed by atoms with E-state index in [-0.39, 0.29) is 11.7 Å². The van der Waals surface area contributed by atoms with Crippen LogP contribution in [0, 0.1) is 12.7 Å². The van der Waals surface area contributed by atoms with Gasteiger partial charge in [0.2, 0.25) is 0 Å². The highest BCUT2D eigenvalue weighted by molar-refractivity contribution is 6.17. The fourth-order valence-electron chi connectivity index (χ4n) is 1.57. The molecule has 0 amide bonds. The van der Waals surface area contributed by atoms with Crippen molar-refractivity contribution in [3.63, 3.8) is 0 Å². The summed E-state index contributed by atoms with van der Waals surface area (Å²) >= 11 is 5.71. The van der Waals surface area contributed by atoms with Gasteiger partial charge in [-0.25, -0.2) is 4.39 Å². The molecule has 3 heteroatoms. The molecule has 0 aliphatic carbocycles. The Kier molecular flexibility index (Phi) is 3.64. The fraction of sp³-hybridized carbons (Fsp3) is 0.143. The Morgan fingerprint density at radius 1 is 1.18 bits per heavy atom. The predicted octanol–water partition coefficient (Wildman–Crippen LogP) is 4.67. The van der Waals surface area contributed by atoms with Gasteiger partial charge < -0.3 is 4.74 Å². The molecule has 0 N–H and O–H groups in total. The lowest BCUT2D eigenvalue weighted by Gasteiger charge is -2.10. The molecule has 0 bridgehead atoms. The lowest BCUT2D eigenvalue weighted by molar-refractivity contribution is 0.470. The number of halogens is 2. The number of ether oxygens (including phenoxy) is 1. The number of hydrogen-bond acceptors (Lipinski definition) is 1. The van der Waals surface area contributed by atoms with Gasteiger partial charge in [0.15, 0.2) is 0 Å². The topological polar surface area (TPSA) is 9.23 Å². The van der Waals surface area contributed by atoms with Crippen LogP contribution in [-0.4, -0.2) is 0 Å². The van der Waals surface area contributed by atoms with Crippen molar-refractivity contribution in [2.45, 2.75) is 12.8 Å². The van der Waals surface area contributed by atoms with Crippen LogP contribution in [0.5, 0.6) is 11.5 Å². The largest absolute Gasteiger partial charge is 0.457 e. The molecule has 2 rings (SSSR count). The Hall–Kier alpha value is -1.54. The molecule has 0 saturated heterocycles. The summed E-state index contributed by atoms with van der Waals surface area (Å²) in [6.07, 6.45) is 0. The Balaban J connectivity index is 2.33. The third-order valence-electron chi connectivity index (χ3n) is 2.43. The molecular weight excluding hydrogens is 239 g/mol. The van der Waals surface area contributed by atoms with Gasteiger partial charge in [0.1, 0.15) is 17.3 Å². The summed E-state index contributed by atoms with van der Waals surface area (Å²) in [6, 6.07) is 12.3. The summed E-state index contributed by atoms with van der Waals surface area (Å²) in [5.41, 5.74) is 1.47. The Morgan fingerprint density at radius 3 is 2.65 bits per heavy atom. The molecule has 0 saturated carbocycles. The van der Waals surface area contributed by atoms with Crippen molar-refractivity contribution in [1.29, 1.82) is 0 Å². The van der Waals surface area contributed by atoms with Gasteiger partial charge in [-0.1, -0.05) is 18.2 Å². The summed E-state index contributed by atoms with van der Waals surface area (Å²) in [5.74, 6) is 0.895. The SMILES string of the molecule is Cc1cccc(Oc2cccc(F)c2CCl)c1. The molecule has 88 valence electrons. The zero-order valence-corrected chi connectivity index (χ0v) is 10.2. The number of aryl methyl sites for hydroxylation is 1. The quantitative estimate of drug-likeness (QED) is 0.720. The van der Waals surface area contributed by atoms with Gasteiger partial charge in [-0.2, -0.15) is 0 Å². The van der Waals surface area contributed by atoms with E-state index in [1.165, 1.54) is 6.07 Å². The Morgan fingerprint density at radius 2 is 1.94 bits per heavy atom. The number of alkyl halides is 1. The van der Waals surface area contributed by atoms with E-state index in [0.717, 1.165) is 5.56 Å². The third kappa shape index (κ3) is 2.77. The molecule has 0 aliphatic heterocycles. The maximum absolute atomic E-state index is 13.5. The summed E-state index contributed by atoms with van der Waals surface area (Å²) in [7, 11) is 0. The normalized spacial score (nSPS) is 10.3. The highest BCUT2D eigenvalue weighted by Gasteiger charge is 2.09. The first-order chi connectivity index (χ1) is 8.20. The number of hydrogen-bond donors (Lipinski definition) is 0. The van der Waals surface area contributed by atoms with Crippen molar-refractivity contribution in [1.82, 2.24) is 0 Å². The van der Waals surface area contributed by atoms with E-state index in [9.17, 15) is 4.39 Å². The number of benzene rings is 2. The van der Waals surface area contributed by atoms with Crippen molar-refractivity contribution < 1.29 is 9.13 Å². The standard InChI is InChI=1S/C14H12ClFO/c1-10-4-2-5-11(8-10)17-14-7-3-6-13(16)12(14)9-15/h2-8H,9H2,1H3. The van der Waals surface area contributed by atoms with E-state index in [4.69, 9.17) is 16.3 Å². The summed E-state index contributed by atoms with van der Waals surface area (Å²) < 4.78 is 19.1. The smallest absolute Gasteiger partial charge is 0.134 e. The Labute approximate surface area is 105 Å². The van der Waals surface area contributed by atoms with Crippen molar-refractivity contribution >= 4 is 11.6 Å². The van der Waals surface area contributed by atoms with Gasteiger partial charge in [0, 0.05) is 5.56 Å². The van der Waals surface area contributed by atoms with Gasteiger partial charge in [0.25, 0.3) is 0 Å². The molecule has 17 heavy (non-hydrogen) atoms. The molecule has 1 nitrogen and oxygen atoms in total. The van der Waals surface area contributed by atoms with E-state index in [0.29, 0.717) is 17.1 Å². The van der Waals surface area contributed by atoms with E-state index in [1.807, 2.05) is 31.2 Å². The summed E-state index contributed by atoms with van der Waals surface area (Å²) in [6.45, 7) is 1.97. The van der Waals surface area contributed by atoms with Crippen LogP contribution in [0.1, 0.15) is 11.1 Å². The van der Waals surface area contributed by atoms with E-state index >= 15 is 0 Å². The lowest BCUT2D eigenvalue weighted by Crippen LogP contribution is -1.93. The molecule has 0 aliphatic rings. The molecular formula is C14H12ClFO. The monoisotopic (exact) mass is 250 g/mol. The average molecular weight is 251 g/mol. The highest BCUT2D eigenvalue weighted by Crippen LogP contribution is 2.28. The molecule has 0 aromatic heterocycles. The van der Waals surface area contributed by atoms with Crippen LogP contribution >= 0.6 is 11.6 Å². The average Bonchev–Trinajstić information content (AvgIpc) is 2.29. The van der Waals surface area contributed by atoms with Crippen molar-refractivity contribution in [2.24, 2.45) is 0 Å². The van der Waals surface area contributed by atoms with Crippen LogP contribution in [0.25, 0.3) is 0 Å². The van der Waals surface area contributed by atoms with Crippen molar-refractivity contribution in [2.75, 3.05) is 0 Å². The minimum atomic E-state index is -0.342. The molecule has 2 aromatic carbocycles. The first-order valence-electron chi connectivity index (χ1n) is 5.28. The molecule has 2 aromatic rings. The molecule has 0 fully saturated rings. The van der Waals surface area contributed by atoms with Crippen LogP contribution in [0.4, 0.5) is 4.39 Å². The van der Waals surface area contributed by atoms with Crippen LogP contribution < -0.4 is 4.74 Å². The van der Waals surface area contributed by atoms with Gasteiger partial charge in [-0.3, -0.25) is 0 Å². The highest BCUT2D eigenvalue weighted by atomic mass is 35.5. The lowest BCUT2D eigenvalue weighted by atomic mass is 10.2. The zero-order valence-electron chi connectivity index (χ0n) is 9.41.